The third kappa shape index (κ3) is 2.15. The van der Waals surface area contributed by atoms with Crippen LogP contribution >= 0.6 is 0 Å². The van der Waals surface area contributed by atoms with Crippen LogP contribution in [0.4, 0.5) is 0 Å². The molecule has 3 heteroatoms. The molecule has 0 unspecified atom stereocenters. The maximum Gasteiger partial charge on any atom is 0.306 e. The first-order valence-corrected chi connectivity index (χ1v) is 6.76. The molecule has 2 fully saturated rings. The Balaban J connectivity index is 1.71. The Kier molecular flexibility index (Phi) is 3.08. The molecule has 3 nitrogen and oxygen atoms in total. The molecule has 2 bridgehead atoms. The number of carboxylic acids is 1. The lowest BCUT2D eigenvalue weighted by Gasteiger charge is -2.37. The number of carboxylic acid groups (broad SMARTS) is 1. The third-order valence-electron chi connectivity index (χ3n) is 4.44. The molecule has 2 atom stereocenters. The van der Waals surface area contributed by atoms with Gasteiger partial charge in [-0.2, -0.15) is 0 Å². The second kappa shape index (κ2) is 4.73. The van der Waals surface area contributed by atoms with Crippen molar-refractivity contribution in [2.45, 2.75) is 44.3 Å². The van der Waals surface area contributed by atoms with Gasteiger partial charge < -0.3 is 5.11 Å². The van der Waals surface area contributed by atoms with Gasteiger partial charge in [-0.1, -0.05) is 30.3 Å². The monoisotopic (exact) mass is 245 g/mol. The molecule has 0 aliphatic carbocycles. The van der Waals surface area contributed by atoms with Gasteiger partial charge in [-0.15, -0.1) is 0 Å². The first-order chi connectivity index (χ1) is 8.74. The van der Waals surface area contributed by atoms with Crippen molar-refractivity contribution in [3.8, 4) is 0 Å². The van der Waals surface area contributed by atoms with E-state index in [0.717, 1.165) is 19.4 Å². The molecule has 1 N–H and O–H groups in total. The van der Waals surface area contributed by atoms with E-state index in [4.69, 9.17) is 5.11 Å². The Bertz CT molecular complexity index is 417. The lowest BCUT2D eigenvalue weighted by atomic mass is 9.90. The molecule has 0 saturated carbocycles. The smallest absolute Gasteiger partial charge is 0.306 e. The quantitative estimate of drug-likeness (QED) is 0.889. The second-order valence-electron chi connectivity index (χ2n) is 5.55. The first kappa shape index (κ1) is 11.7. The molecule has 2 heterocycles. The molecule has 0 radical (unpaired) electrons. The minimum Gasteiger partial charge on any atom is -0.481 e. The van der Waals surface area contributed by atoms with Crippen LogP contribution in [0.15, 0.2) is 30.3 Å². The molecular formula is C15H19NO2. The summed E-state index contributed by atoms with van der Waals surface area (Å²) in [5.74, 6) is -0.721. The SMILES string of the molecule is O=C(O)C1C[C@H]2CC[C@H](C1)N2Cc1ccccc1. The molecule has 2 saturated heterocycles. The fourth-order valence-electron chi connectivity index (χ4n) is 3.53. The molecule has 18 heavy (non-hydrogen) atoms. The molecule has 3 rings (SSSR count). The molecule has 0 amide bonds. The van der Waals surface area contributed by atoms with E-state index in [1.165, 1.54) is 18.4 Å². The highest BCUT2D eigenvalue weighted by atomic mass is 16.4. The Morgan fingerprint density at radius 3 is 2.33 bits per heavy atom. The number of carbonyl (C=O) groups is 1. The summed E-state index contributed by atoms with van der Waals surface area (Å²) in [4.78, 5) is 13.6. The average molecular weight is 245 g/mol. The van der Waals surface area contributed by atoms with Crippen molar-refractivity contribution >= 4 is 5.97 Å². The van der Waals surface area contributed by atoms with Crippen LogP contribution in [-0.4, -0.2) is 28.1 Å². The number of rotatable bonds is 3. The van der Waals surface area contributed by atoms with Gasteiger partial charge in [0.2, 0.25) is 0 Å². The summed E-state index contributed by atoms with van der Waals surface area (Å²) in [5.41, 5.74) is 1.34. The summed E-state index contributed by atoms with van der Waals surface area (Å²) >= 11 is 0. The minimum atomic E-state index is -0.605. The van der Waals surface area contributed by atoms with E-state index in [9.17, 15) is 4.79 Å². The van der Waals surface area contributed by atoms with Crippen molar-refractivity contribution in [1.29, 1.82) is 0 Å². The van der Waals surface area contributed by atoms with E-state index in [1.54, 1.807) is 0 Å². The highest BCUT2D eigenvalue weighted by Crippen LogP contribution is 2.39. The van der Waals surface area contributed by atoms with Gasteiger partial charge in [-0.25, -0.2) is 0 Å². The van der Waals surface area contributed by atoms with E-state index in [2.05, 4.69) is 29.2 Å². The lowest BCUT2D eigenvalue weighted by Crippen LogP contribution is -2.44. The minimum absolute atomic E-state index is 0.116. The van der Waals surface area contributed by atoms with Crippen LogP contribution in [0.25, 0.3) is 0 Å². The standard InChI is InChI=1S/C15H19NO2/c17-15(18)12-8-13-6-7-14(9-12)16(13)10-11-4-2-1-3-5-11/h1-5,12-14H,6-10H2,(H,17,18)/t13-,14-/m1/s1. The zero-order valence-electron chi connectivity index (χ0n) is 10.5. The second-order valence-corrected chi connectivity index (χ2v) is 5.55. The zero-order chi connectivity index (χ0) is 12.5. The summed E-state index contributed by atoms with van der Waals surface area (Å²) in [6.07, 6.45) is 4.00. The van der Waals surface area contributed by atoms with Crippen molar-refractivity contribution in [1.82, 2.24) is 4.90 Å². The van der Waals surface area contributed by atoms with Crippen molar-refractivity contribution < 1.29 is 9.90 Å². The van der Waals surface area contributed by atoms with Crippen LogP contribution in [0.1, 0.15) is 31.2 Å². The Morgan fingerprint density at radius 2 is 1.78 bits per heavy atom. The maximum absolute atomic E-state index is 11.1. The number of fused-ring (bicyclic) bond motifs is 2. The van der Waals surface area contributed by atoms with Crippen LogP contribution in [0, 0.1) is 5.92 Å². The fourth-order valence-corrected chi connectivity index (χ4v) is 3.53. The lowest BCUT2D eigenvalue weighted by molar-refractivity contribution is -0.144. The Morgan fingerprint density at radius 1 is 1.17 bits per heavy atom. The Hall–Kier alpha value is -1.35. The molecule has 1 aromatic rings. The molecule has 1 aromatic carbocycles. The molecule has 96 valence electrons. The number of benzene rings is 1. The summed E-state index contributed by atoms with van der Waals surface area (Å²) in [5, 5.41) is 9.16. The molecular weight excluding hydrogens is 226 g/mol. The van der Waals surface area contributed by atoms with Gasteiger partial charge in [-0.3, -0.25) is 9.69 Å². The average Bonchev–Trinajstić information content (AvgIpc) is 2.62. The van der Waals surface area contributed by atoms with Gasteiger partial charge in [0.25, 0.3) is 0 Å². The third-order valence-corrected chi connectivity index (χ3v) is 4.44. The van der Waals surface area contributed by atoms with Crippen molar-refractivity contribution in [2.75, 3.05) is 0 Å². The van der Waals surface area contributed by atoms with E-state index in [1.807, 2.05) is 6.07 Å². The predicted molar refractivity (Wildman–Crippen MR) is 69.2 cm³/mol. The van der Waals surface area contributed by atoms with Gasteiger partial charge in [0.1, 0.15) is 0 Å². The van der Waals surface area contributed by atoms with Crippen LogP contribution in [0.5, 0.6) is 0 Å². The molecule has 2 aliphatic heterocycles. The number of hydrogen-bond acceptors (Lipinski definition) is 2. The molecule has 0 aromatic heterocycles. The summed E-state index contributed by atoms with van der Waals surface area (Å²) in [6.45, 7) is 0.975. The van der Waals surface area contributed by atoms with E-state index < -0.39 is 5.97 Å². The summed E-state index contributed by atoms with van der Waals surface area (Å²) in [7, 11) is 0. The van der Waals surface area contributed by atoms with E-state index >= 15 is 0 Å². The van der Waals surface area contributed by atoms with Crippen LogP contribution in [-0.2, 0) is 11.3 Å². The van der Waals surface area contributed by atoms with E-state index in [0.29, 0.717) is 12.1 Å². The number of aliphatic carboxylic acids is 1. The van der Waals surface area contributed by atoms with E-state index in [-0.39, 0.29) is 5.92 Å². The Labute approximate surface area is 107 Å². The van der Waals surface area contributed by atoms with Gasteiger partial charge in [0.15, 0.2) is 0 Å². The van der Waals surface area contributed by atoms with Crippen molar-refractivity contribution in [3.63, 3.8) is 0 Å². The van der Waals surface area contributed by atoms with Gasteiger partial charge in [0.05, 0.1) is 5.92 Å². The maximum atomic E-state index is 11.1. The van der Waals surface area contributed by atoms with Gasteiger partial charge in [-0.05, 0) is 31.2 Å². The van der Waals surface area contributed by atoms with Crippen LogP contribution in [0.3, 0.4) is 0 Å². The first-order valence-electron chi connectivity index (χ1n) is 6.76. The zero-order valence-corrected chi connectivity index (χ0v) is 10.5. The van der Waals surface area contributed by atoms with Gasteiger partial charge >= 0.3 is 5.97 Å². The number of nitrogens with zero attached hydrogens (tertiary/aromatic N) is 1. The predicted octanol–water partition coefficient (Wildman–Crippen LogP) is 2.51. The highest BCUT2D eigenvalue weighted by molar-refractivity contribution is 5.70. The fraction of sp³-hybridized carbons (Fsp3) is 0.533. The summed E-state index contributed by atoms with van der Waals surface area (Å²) in [6, 6.07) is 11.4. The van der Waals surface area contributed by atoms with Crippen LogP contribution in [0.2, 0.25) is 0 Å². The molecule has 0 spiro atoms. The van der Waals surface area contributed by atoms with Crippen molar-refractivity contribution in [2.24, 2.45) is 5.92 Å². The molecule has 2 aliphatic rings. The normalized spacial score (nSPS) is 31.4. The van der Waals surface area contributed by atoms with Gasteiger partial charge in [0, 0.05) is 18.6 Å². The topological polar surface area (TPSA) is 40.5 Å². The van der Waals surface area contributed by atoms with Crippen molar-refractivity contribution in [3.05, 3.63) is 35.9 Å². The highest BCUT2D eigenvalue weighted by Gasteiger charge is 2.42. The number of hydrogen-bond donors (Lipinski definition) is 1. The summed E-state index contributed by atoms with van der Waals surface area (Å²) < 4.78 is 0. The largest absolute Gasteiger partial charge is 0.481 e. The van der Waals surface area contributed by atoms with Crippen LogP contribution < -0.4 is 0 Å². The number of piperidine rings is 1.